The van der Waals surface area contributed by atoms with Crippen LogP contribution in [0, 0.1) is 0 Å². The highest BCUT2D eigenvalue weighted by Gasteiger charge is 2.17. The predicted molar refractivity (Wildman–Crippen MR) is 92.9 cm³/mol. The molecule has 0 amide bonds. The van der Waals surface area contributed by atoms with Crippen molar-refractivity contribution < 1.29 is 26.8 Å². The minimum absolute atomic E-state index is 0.0586. The number of nitrogens with zero attached hydrogens (tertiary/aromatic N) is 2. The Morgan fingerprint density at radius 1 is 1.26 bits per heavy atom. The summed E-state index contributed by atoms with van der Waals surface area (Å²) in [7, 11) is -3.75. The van der Waals surface area contributed by atoms with Crippen LogP contribution < -0.4 is 4.72 Å². The van der Waals surface area contributed by atoms with E-state index in [1.165, 1.54) is 36.6 Å². The zero-order chi connectivity index (χ0) is 19.3. The Labute approximate surface area is 154 Å². The van der Waals surface area contributed by atoms with Gasteiger partial charge >= 0.3 is 5.97 Å². The Hall–Kier alpha value is -3.24. The topological polar surface area (TPSA) is 125 Å². The van der Waals surface area contributed by atoms with Crippen LogP contribution in [-0.2, 0) is 21.4 Å². The van der Waals surface area contributed by atoms with E-state index >= 15 is 0 Å². The Morgan fingerprint density at radius 3 is 2.85 bits per heavy atom. The summed E-state index contributed by atoms with van der Waals surface area (Å²) < 4.78 is 42.1. The minimum Gasteiger partial charge on any atom is -0.459 e. The summed E-state index contributed by atoms with van der Waals surface area (Å²) in [5, 5.41) is 7.55. The van der Waals surface area contributed by atoms with Gasteiger partial charge in [0.25, 0.3) is 11.8 Å². The molecule has 0 fully saturated rings. The minimum atomic E-state index is -3.75. The molecule has 2 aromatic heterocycles. The lowest BCUT2D eigenvalue weighted by molar-refractivity contribution is 0.0438. The van der Waals surface area contributed by atoms with Crippen LogP contribution in [0.3, 0.4) is 0 Å². The molecule has 0 saturated heterocycles. The maximum absolute atomic E-state index is 12.2. The molecule has 140 valence electrons. The molecule has 3 aromatic rings. The third kappa shape index (κ3) is 4.49. The third-order valence-electron chi connectivity index (χ3n) is 3.32. The predicted octanol–water partition coefficient (Wildman–Crippen LogP) is 2.15. The fraction of sp³-hybridized carbons (Fsp3) is 0.118. The number of benzene rings is 1. The van der Waals surface area contributed by atoms with Gasteiger partial charge in [0.2, 0.25) is 10.0 Å². The number of esters is 1. The van der Waals surface area contributed by atoms with Crippen molar-refractivity contribution in [1.29, 1.82) is 0 Å². The Bertz CT molecular complexity index is 1040. The van der Waals surface area contributed by atoms with Gasteiger partial charge in [-0.3, -0.25) is 0 Å². The second kappa shape index (κ2) is 7.98. The van der Waals surface area contributed by atoms with Crippen molar-refractivity contribution in [2.75, 3.05) is 6.54 Å². The number of hydrogen-bond acceptors (Lipinski definition) is 8. The van der Waals surface area contributed by atoms with Crippen LogP contribution in [0.25, 0.3) is 11.7 Å². The lowest BCUT2D eigenvalue weighted by Gasteiger charge is -2.07. The molecule has 0 unspecified atom stereocenters. The number of aromatic nitrogens is 2. The van der Waals surface area contributed by atoms with E-state index in [0.29, 0.717) is 5.76 Å². The summed E-state index contributed by atoms with van der Waals surface area (Å²) >= 11 is 0. The van der Waals surface area contributed by atoms with Gasteiger partial charge in [-0.25, -0.2) is 17.9 Å². The first-order valence-electron chi connectivity index (χ1n) is 7.73. The first-order valence-corrected chi connectivity index (χ1v) is 9.22. The highest BCUT2D eigenvalue weighted by atomic mass is 32.2. The molecule has 0 bridgehead atoms. The molecule has 0 aliphatic rings. The van der Waals surface area contributed by atoms with E-state index in [2.05, 4.69) is 21.5 Å². The molecule has 9 nitrogen and oxygen atoms in total. The monoisotopic (exact) mass is 389 g/mol. The van der Waals surface area contributed by atoms with Crippen LogP contribution in [0.15, 0.2) is 69.0 Å². The molecule has 0 saturated carbocycles. The average molecular weight is 389 g/mol. The largest absolute Gasteiger partial charge is 0.459 e. The van der Waals surface area contributed by atoms with Gasteiger partial charge in [-0.15, -0.1) is 16.8 Å². The summed E-state index contributed by atoms with van der Waals surface area (Å²) in [6.45, 7) is 3.26. The summed E-state index contributed by atoms with van der Waals surface area (Å²) in [5.74, 6) is -0.0999. The number of nitrogens with one attached hydrogen (secondary N) is 1. The fourth-order valence-electron chi connectivity index (χ4n) is 2.06. The molecule has 0 aliphatic carbocycles. The number of sulfonamides is 1. The Balaban J connectivity index is 1.66. The molecule has 0 aliphatic heterocycles. The molecule has 1 N–H and O–H groups in total. The number of carbonyl (C=O) groups is 1. The smallest absolute Gasteiger partial charge is 0.338 e. The normalized spacial score (nSPS) is 11.3. The number of furan rings is 1. The quantitative estimate of drug-likeness (QED) is 0.459. The molecule has 10 heteroatoms. The maximum atomic E-state index is 12.2. The Kier molecular flexibility index (Phi) is 5.48. The number of rotatable bonds is 8. The van der Waals surface area contributed by atoms with Gasteiger partial charge in [0, 0.05) is 6.54 Å². The molecule has 0 atom stereocenters. The van der Waals surface area contributed by atoms with Gasteiger partial charge in [0.05, 0.1) is 16.7 Å². The van der Waals surface area contributed by atoms with Crippen LogP contribution >= 0.6 is 0 Å². The van der Waals surface area contributed by atoms with Crippen LogP contribution in [0.5, 0.6) is 0 Å². The molecule has 0 radical (unpaired) electrons. The summed E-state index contributed by atoms with van der Waals surface area (Å²) in [6.07, 6.45) is 2.88. The molecule has 0 spiro atoms. The summed E-state index contributed by atoms with van der Waals surface area (Å²) in [4.78, 5) is 12.1. The molecule has 3 rings (SSSR count). The van der Waals surface area contributed by atoms with Gasteiger partial charge in [-0.2, -0.15) is 0 Å². The number of carbonyl (C=O) groups excluding carboxylic acids is 1. The van der Waals surface area contributed by atoms with Gasteiger partial charge in [0.15, 0.2) is 12.4 Å². The van der Waals surface area contributed by atoms with Crippen molar-refractivity contribution in [3.05, 3.63) is 66.8 Å². The van der Waals surface area contributed by atoms with Crippen LogP contribution in [-0.4, -0.2) is 31.1 Å². The van der Waals surface area contributed by atoms with Crippen LogP contribution in [0.1, 0.15) is 16.2 Å². The second-order valence-electron chi connectivity index (χ2n) is 5.22. The van der Waals surface area contributed by atoms with E-state index in [9.17, 15) is 13.2 Å². The molecule has 2 heterocycles. The van der Waals surface area contributed by atoms with Crippen molar-refractivity contribution in [1.82, 2.24) is 14.9 Å². The van der Waals surface area contributed by atoms with E-state index < -0.39 is 16.0 Å². The zero-order valence-corrected chi connectivity index (χ0v) is 14.8. The van der Waals surface area contributed by atoms with Gasteiger partial charge in [-0.1, -0.05) is 12.1 Å². The van der Waals surface area contributed by atoms with Crippen LogP contribution in [0.4, 0.5) is 0 Å². The van der Waals surface area contributed by atoms with Crippen LogP contribution in [0.2, 0.25) is 0 Å². The first kappa shape index (κ1) is 18.5. The summed E-state index contributed by atoms with van der Waals surface area (Å²) in [5.41, 5.74) is 0.0715. The highest BCUT2D eigenvalue weighted by Crippen LogP contribution is 2.18. The molecular weight excluding hydrogens is 374 g/mol. The average Bonchev–Trinajstić information content (AvgIpc) is 3.36. The lowest BCUT2D eigenvalue weighted by Crippen LogP contribution is -2.23. The van der Waals surface area contributed by atoms with Gasteiger partial charge < -0.3 is 13.6 Å². The van der Waals surface area contributed by atoms with Gasteiger partial charge in [-0.05, 0) is 30.3 Å². The standard InChI is InChI=1S/C17H15N3O6S/c1-2-8-18-27(22,23)13-6-3-5-12(10-13)17(21)25-11-15-19-20-16(26-15)14-7-4-9-24-14/h2-7,9-10,18H,1,8,11H2. The highest BCUT2D eigenvalue weighted by molar-refractivity contribution is 7.89. The lowest BCUT2D eigenvalue weighted by atomic mass is 10.2. The fourth-order valence-corrected chi connectivity index (χ4v) is 3.11. The third-order valence-corrected chi connectivity index (χ3v) is 4.74. The SMILES string of the molecule is C=CCNS(=O)(=O)c1cccc(C(=O)OCc2nnc(-c3ccco3)o2)c1. The van der Waals surface area contributed by atoms with E-state index in [1.54, 1.807) is 12.1 Å². The first-order chi connectivity index (χ1) is 13.0. The molecular formula is C17H15N3O6S. The number of ether oxygens (including phenoxy) is 1. The van der Waals surface area contributed by atoms with Crippen molar-refractivity contribution in [3.63, 3.8) is 0 Å². The molecule has 27 heavy (non-hydrogen) atoms. The van der Waals surface area contributed by atoms with E-state index in [0.717, 1.165) is 0 Å². The van der Waals surface area contributed by atoms with Crippen molar-refractivity contribution in [2.24, 2.45) is 0 Å². The second-order valence-corrected chi connectivity index (χ2v) is 6.99. The van der Waals surface area contributed by atoms with E-state index in [4.69, 9.17) is 13.6 Å². The van der Waals surface area contributed by atoms with E-state index in [1.807, 2.05) is 0 Å². The van der Waals surface area contributed by atoms with E-state index in [-0.39, 0.29) is 35.4 Å². The Morgan fingerprint density at radius 2 is 2.11 bits per heavy atom. The zero-order valence-electron chi connectivity index (χ0n) is 14.0. The van der Waals surface area contributed by atoms with Crippen molar-refractivity contribution >= 4 is 16.0 Å². The van der Waals surface area contributed by atoms with Crippen molar-refractivity contribution in [2.45, 2.75) is 11.5 Å². The molecule has 1 aromatic carbocycles. The van der Waals surface area contributed by atoms with Crippen molar-refractivity contribution in [3.8, 4) is 11.7 Å². The number of hydrogen-bond donors (Lipinski definition) is 1. The maximum Gasteiger partial charge on any atom is 0.338 e. The van der Waals surface area contributed by atoms with Gasteiger partial charge in [0.1, 0.15) is 0 Å². The summed E-state index contributed by atoms with van der Waals surface area (Å²) in [6, 6.07) is 8.79.